The van der Waals surface area contributed by atoms with Crippen molar-refractivity contribution in [2.45, 2.75) is 231 Å². The number of aliphatic hydroxyl groups is 2. The number of Topliss-reactive ketones (excluding diaryl/α,β-unsaturated/α-hetero) is 3. The zero-order valence-corrected chi connectivity index (χ0v) is 48.9. The molecule has 19 heteroatoms. The summed E-state index contributed by atoms with van der Waals surface area (Å²) in [4.78, 5) is 69.3. The van der Waals surface area contributed by atoms with Gasteiger partial charge in [-0.25, -0.2) is 0 Å². The molecule has 17 nitrogen and oxygen atoms in total. The molecule has 24 fully saturated rings. The number of fused-ring (bicyclic) bond motifs is 3. The number of alkyl halides is 2. The summed E-state index contributed by atoms with van der Waals surface area (Å²) in [6, 6.07) is 0. The topological polar surface area (TPSA) is 292 Å². The maximum Gasteiger partial charge on any atom is 0.309 e. The van der Waals surface area contributed by atoms with Gasteiger partial charge in [-0.15, -0.1) is 0 Å². The standard InChI is InChI=1S/C10H13BrO2.C10H13BrO.C10H14O3.2C10H14O2.C10H14O.3H2O2/c11-10-3-6-1-7(4-10)9(12)13-8(2-6)5-10;11-10-3-6-1-7(4-10)9(12)8(2-6)5-10;11-9-7-1-6-2-8(13-9)5-10(12,3-6)4-7;11-10-8-2-6-1-7(3-8)5-9(4-6)12-10;11-9-7-1-6-2-8(9)5-10(12,3-6)4-7;11-10-8-2-6-1-7(4-8)5-9(10)3-6;3*1-2/h6-8H,1-5H2;6-8H,1-5H2;6-8,12H,1-5H2;6-9H,1-5H2;6-8,12H,1-5H2;6-9H,1-5H2;3*1-2H. The van der Waals surface area contributed by atoms with Crippen LogP contribution in [-0.4, -0.2) is 115 Å². The van der Waals surface area contributed by atoms with Crippen molar-refractivity contribution >= 4 is 67.1 Å². The zero-order valence-electron chi connectivity index (χ0n) is 45.8. The van der Waals surface area contributed by atoms with Gasteiger partial charge in [-0.2, -0.15) is 0 Å². The van der Waals surface area contributed by atoms with Crippen LogP contribution in [0.15, 0.2) is 0 Å². The second-order valence-electron chi connectivity index (χ2n) is 29.0. The quantitative estimate of drug-likeness (QED) is 0.0368. The highest BCUT2D eigenvalue weighted by atomic mass is 79.9. The van der Waals surface area contributed by atoms with E-state index in [1.54, 1.807) is 0 Å². The van der Waals surface area contributed by atoms with Gasteiger partial charge in [0.15, 0.2) is 0 Å². The van der Waals surface area contributed by atoms with Crippen LogP contribution in [0.1, 0.15) is 193 Å². The van der Waals surface area contributed by atoms with Gasteiger partial charge in [-0.1, -0.05) is 31.9 Å². The summed E-state index contributed by atoms with van der Waals surface area (Å²) < 4.78 is 16.7. The summed E-state index contributed by atoms with van der Waals surface area (Å²) in [6.07, 6.45) is 33.0. The van der Waals surface area contributed by atoms with E-state index in [1.165, 1.54) is 64.2 Å². The Balaban J connectivity index is 0.000000105. The average Bonchev–Trinajstić information content (AvgIpc) is 3.84. The van der Waals surface area contributed by atoms with Crippen LogP contribution in [0.5, 0.6) is 0 Å². The van der Waals surface area contributed by atoms with E-state index in [4.69, 9.17) is 45.8 Å². The fourth-order valence-electron chi connectivity index (χ4n) is 21.1. The molecule has 18 aliphatic carbocycles. The van der Waals surface area contributed by atoms with Crippen molar-refractivity contribution in [1.29, 1.82) is 0 Å². The number of rotatable bonds is 0. The molecule has 0 aromatic rings. The van der Waals surface area contributed by atoms with Crippen LogP contribution in [0.25, 0.3) is 0 Å². The number of hydrogen-bond donors (Lipinski definition) is 8. The summed E-state index contributed by atoms with van der Waals surface area (Å²) in [5.74, 6) is 10.8. The number of hydrogen-bond acceptors (Lipinski definition) is 17. The monoisotopic (exact) mass is 1240 g/mol. The van der Waals surface area contributed by atoms with E-state index in [1.807, 2.05) is 0 Å². The molecule has 24 rings (SSSR count). The van der Waals surface area contributed by atoms with Gasteiger partial charge >= 0.3 is 17.9 Å². The number of carbonyl (C=O) groups is 6. The molecule has 0 aromatic carbocycles. The Hall–Kier alpha value is -1.94. The van der Waals surface area contributed by atoms with Gasteiger partial charge in [0, 0.05) is 50.6 Å². The van der Waals surface area contributed by atoms with Crippen molar-refractivity contribution in [2.75, 3.05) is 0 Å². The molecule has 0 aromatic heterocycles. The van der Waals surface area contributed by atoms with Crippen molar-refractivity contribution in [2.24, 2.45) is 101 Å². The van der Waals surface area contributed by atoms with E-state index < -0.39 is 11.2 Å². The molecule has 8 N–H and O–H groups in total. The van der Waals surface area contributed by atoms with Gasteiger partial charge in [0.25, 0.3) is 0 Å². The lowest BCUT2D eigenvalue weighted by atomic mass is 9.54. The van der Waals surface area contributed by atoms with E-state index in [9.17, 15) is 39.0 Å². The molecule has 79 heavy (non-hydrogen) atoms. The molecule has 18 saturated carbocycles. The van der Waals surface area contributed by atoms with Gasteiger partial charge in [0.1, 0.15) is 35.7 Å². The Kier molecular flexibility index (Phi) is 18.4. The molecule has 444 valence electrons. The van der Waals surface area contributed by atoms with E-state index in [0.29, 0.717) is 70.0 Å². The first-order chi connectivity index (χ1) is 37.8. The second kappa shape index (κ2) is 24.2. The maximum atomic E-state index is 11.7. The predicted octanol–water partition coefficient (Wildman–Crippen LogP) is 10.6. The van der Waals surface area contributed by atoms with Gasteiger partial charge in [0.2, 0.25) is 0 Å². The molecule has 24 aliphatic rings. The normalized spacial score (nSPS) is 50.1. The second-order valence-corrected chi connectivity index (χ2v) is 32.4. The van der Waals surface area contributed by atoms with Crippen LogP contribution < -0.4 is 0 Å². The predicted molar refractivity (Wildman–Crippen MR) is 291 cm³/mol. The van der Waals surface area contributed by atoms with Crippen molar-refractivity contribution in [3.05, 3.63) is 0 Å². The van der Waals surface area contributed by atoms with E-state index in [0.717, 1.165) is 151 Å². The lowest BCUT2D eigenvalue weighted by Gasteiger charge is -2.53. The Bertz CT molecular complexity index is 2080. The summed E-state index contributed by atoms with van der Waals surface area (Å²) >= 11 is 7.64. The minimum Gasteiger partial charge on any atom is -0.462 e. The third-order valence-electron chi connectivity index (χ3n) is 23.0. The molecule has 6 aliphatic heterocycles. The summed E-state index contributed by atoms with van der Waals surface area (Å²) in [6.45, 7) is 0. The first-order valence-corrected chi connectivity index (χ1v) is 32.0. The largest absolute Gasteiger partial charge is 0.462 e. The minimum atomic E-state index is -0.581. The highest BCUT2D eigenvalue weighted by molar-refractivity contribution is 9.10. The fourth-order valence-corrected chi connectivity index (χ4v) is 23.5. The first-order valence-electron chi connectivity index (χ1n) is 30.4. The van der Waals surface area contributed by atoms with Crippen molar-refractivity contribution in [3.8, 4) is 0 Å². The minimum absolute atomic E-state index is 0.00347. The van der Waals surface area contributed by atoms with E-state index in [-0.39, 0.29) is 70.1 Å². The first kappa shape index (κ1) is 60.2. The SMILES string of the molecule is O=C1C2CC3CC(C2)CC1C3.O=C1C2CC3CC1CC(Br)(C3)C2.O=C1C2CC3CC1CC(O)(C3)C2.O=C1OC2CC3CC(C2)CC1C3.O=C1OC2CC3CC1CC(Br)(C3)C2.O=C1OC2CC3CC1CC(O)(C3)C2.OO.OO.OO. The molecule has 0 radical (unpaired) electrons. The maximum absolute atomic E-state index is 11.7. The van der Waals surface area contributed by atoms with Crippen molar-refractivity contribution < 1.29 is 84.7 Å². The average molecular weight is 1240 g/mol. The van der Waals surface area contributed by atoms with Crippen molar-refractivity contribution in [3.63, 3.8) is 0 Å². The third-order valence-corrected chi connectivity index (χ3v) is 24.9. The molecular formula is C60H88Br2O17. The number of carbonyl (C=O) groups excluding carboxylic acids is 6. The Morgan fingerprint density at radius 3 is 1.01 bits per heavy atom. The molecule has 0 amide bonds. The number of ketones is 3. The molecule has 6 heterocycles. The Morgan fingerprint density at radius 2 is 0.557 bits per heavy atom. The smallest absolute Gasteiger partial charge is 0.309 e. The van der Waals surface area contributed by atoms with E-state index >= 15 is 0 Å². The fraction of sp³-hybridized carbons (Fsp3) is 0.900. The van der Waals surface area contributed by atoms with Crippen LogP contribution in [0.4, 0.5) is 0 Å². The number of ether oxygens (including phenoxy) is 3. The van der Waals surface area contributed by atoms with Crippen LogP contribution in [-0.2, 0) is 43.0 Å². The van der Waals surface area contributed by atoms with Gasteiger partial charge in [0.05, 0.1) is 29.0 Å². The number of esters is 3. The van der Waals surface area contributed by atoms with Crippen LogP contribution >= 0.6 is 31.9 Å². The molecule has 14 unspecified atom stereocenters. The summed E-state index contributed by atoms with van der Waals surface area (Å²) in [5.41, 5.74) is -1.02. The van der Waals surface area contributed by atoms with Gasteiger partial charge < -0.3 is 24.4 Å². The molecule has 0 spiro atoms. The lowest BCUT2D eigenvalue weighted by Crippen LogP contribution is -2.54. The van der Waals surface area contributed by atoms with Crippen LogP contribution in [0.2, 0.25) is 0 Å². The highest BCUT2D eigenvalue weighted by Gasteiger charge is 2.57. The summed E-state index contributed by atoms with van der Waals surface area (Å²) in [5, 5.41) is 56.2. The Morgan fingerprint density at radius 1 is 0.278 bits per heavy atom. The molecular weight excluding hydrogens is 1150 g/mol. The van der Waals surface area contributed by atoms with Crippen molar-refractivity contribution in [1.82, 2.24) is 0 Å². The molecule has 6 saturated heterocycles. The van der Waals surface area contributed by atoms with Gasteiger partial charge in [-0.05, 0) is 234 Å². The van der Waals surface area contributed by atoms with Crippen LogP contribution in [0, 0.1) is 101 Å². The van der Waals surface area contributed by atoms with E-state index in [2.05, 4.69) is 31.9 Å². The number of halogens is 2. The molecule has 14 atom stereocenters. The lowest BCUT2D eigenvalue weighted by molar-refractivity contribution is -0.176. The van der Waals surface area contributed by atoms with Crippen LogP contribution in [0.3, 0.4) is 0 Å². The Labute approximate surface area is 480 Å². The summed E-state index contributed by atoms with van der Waals surface area (Å²) in [7, 11) is 0. The van der Waals surface area contributed by atoms with Gasteiger partial charge in [-0.3, -0.25) is 60.3 Å². The molecule has 24 bridgehead atoms. The highest BCUT2D eigenvalue weighted by Crippen LogP contribution is 2.59. The third kappa shape index (κ3) is 13.2. The zero-order chi connectivity index (χ0) is 56.3.